The van der Waals surface area contributed by atoms with Crippen LogP contribution in [-0.4, -0.2) is 17.8 Å². The first-order valence-corrected chi connectivity index (χ1v) is 4.64. The topological polar surface area (TPSA) is 59.4 Å². The number of aliphatic hydroxyl groups is 1. The van der Waals surface area contributed by atoms with Gasteiger partial charge in [0.1, 0.15) is 5.76 Å². The predicted octanol–water partition coefficient (Wildman–Crippen LogP) is 1.17. The van der Waals surface area contributed by atoms with E-state index in [9.17, 15) is 5.11 Å². The Morgan fingerprint density at radius 1 is 1.62 bits per heavy atom. The summed E-state index contributed by atoms with van der Waals surface area (Å²) in [6, 6.07) is 3.77. The summed E-state index contributed by atoms with van der Waals surface area (Å²) in [6.45, 7) is 2.48. The SMILES string of the molecule is CC(CN)C(O)CCc1ccco1. The molecule has 13 heavy (non-hydrogen) atoms. The number of aryl methyl sites for hydroxylation is 1. The summed E-state index contributed by atoms with van der Waals surface area (Å²) in [7, 11) is 0. The van der Waals surface area contributed by atoms with E-state index in [1.807, 2.05) is 19.1 Å². The zero-order valence-electron chi connectivity index (χ0n) is 7.94. The van der Waals surface area contributed by atoms with E-state index >= 15 is 0 Å². The van der Waals surface area contributed by atoms with Gasteiger partial charge in [-0.05, 0) is 31.0 Å². The first-order chi connectivity index (χ1) is 6.24. The van der Waals surface area contributed by atoms with Gasteiger partial charge in [0.25, 0.3) is 0 Å². The molecule has 2 atom stereocenters. The van der Waals surface area contributed by atoms with Crippen molar-refractivity contribution in [3.63, 3.8) is 0 Å². The van der Waals surface area contributed by atoms with Crippen LogP contribution in [0.2, 0.25) is 0 Å². The van der Waals surface area contributed by atoms with Crippen LogP contribution < -0.4 is 5.73 Å². The zero-order valence-corrected chi connectivity index (χ0v) is 7.94. The lowest BCUT2D eigenvalue weighted by atomic mass is 10.0. The molecule has 74 valence electrons. The van der Waals surface area contributed by atoms with Gasteiger partial charge in [0, 0.05) is 6.42 Å². The number of hydrogen-bond donors (Lipinski definition) is 2. The van der Waals surface area contributed by atoms with Crippen LogP contribution in [0.15, 0.2) is 22.8 Å². The van der Waals surface area contributed by atoms with E-state index in [1.54, 1.807) is 6.26 Å². The van der Waals surface area contributed by atoms with Crippen molar-refractivity contribution in [2.24, 2.45) is 11.7 Å². The fourth-order valence-corrected chi connectivity index (χ4v) is 1.19. The van der Waals surface area contributed by atoms with Crippen molar-refractivity contribution in [3.8, 4) is 0 Å². The smallest absolute Gasteiger partial charge is 0.103 e. The second-order valence-electron chi connectivity index (χ2n) is 3.40. The summed E-state index contributed by atoms with van der Waals surface area (Å²) in [5.41, 5.74) is 5.44. The van der Waals surface area contributed by atoms with Crippen molar-refractivity contribution >= 4 is 0 Å². The fraction of sp³-hybridized carbons (Fsp3) is 0.600. The summed E-state index contributed by atoms with van der Waals surface area (Å²) in [5, 5.41) is 9.59. The van der Waals surface area contributed by atoms with E-state index in [1.165, 1.54) is 0 Å². The van der Waals surface area contributed by atoms with Crippen molar-refractivity contribution in [2.75, 3.05) is 6.54 Å². The second kappa shape index (κ2) is 5.04. The Morgan fingerprint density at radius 3 is 2.92 bits per heavy atom. The summed E-state index contributed by atoms with van der Waals surface area (Å²) < 4.78 is 5.15. The van der Waals surface area contributed by atoms with Gasteiger partial charge in [-0.2, -0.15) is 0 Å². The van der Waals surface area contributed by atoms with Gasteiger partial charge in [-0.1, -0.05) is 6.92 Å². The maximum absolute atomic E-state index is 9.59. The van der Waals surface area contributed by atoms with E-state index < -0.39 is 0 Å². The minimum atomic E-state index is -0.324. The summed E-state index contributed by atoms with van der Waals surface area (Å²) >= 11 is 0. The molecule has 0 aliphatic heterocycles. The van der Waals surface area contributed by atoms with Gasteiger partial charge in [-0.25, -0.2) is 0 Å². The Labute approximate surface area is 78.5 Å². The molecular formula is C10H17NO2. The third kappa shape index (κ3) is 3.20. The highest BCUT2D eigenvalue weighted by Gasteiger charge is 2.12. The number of rotatable bonds is 5. The molecule has 0 saturated carbocycles. The minimum absolute atomic E-state index is 0.162. The van der Waals surface area contributed by atoms with Crippen molar-refractivity contribution in [1.82, 2.24) is 0 Å². The molecule has 3 N–H and O–H groups in total. The highest BCUT2D eigenvalue weighted by molar-refractivity contribution is 4.98. The lowest BCUT2D eigenvalue weighted by Gasteiger charge is -2.15. The average Bonchev–Trinajstić information content (AvgIpc) is 2.65. The van der Waals surface area contributed by atoms with Gasteiger partial charge < -0.3 is 15.3 Å². The Morgan fingerprint density at radius 2 is 2.38 bits per heavy atom. The highest BCUT2D eigenvalue weighted by Crippen LogP contribution is 2.10. The molecule has 0 aliphatic rings. The maximum Gasteiger partial charge on any atom is 0.103 e. The Hall–Kier alpha value is -0.800. The largest absolute Gasteiger partial charge is 0.469 e. The van der Waals surface area contributed by atoms with Crippen molar-refractivity contribution < 1.29 is 9.52 Å². The molecule has 1 aromatic heterocycles. The van der Waals surface area contributed by atoms with Crippen LogP contribution in [0, 0.1) is 5.92 Å². The molecule has 1 aromatic rings. The van der Waals surface area contributed by atoms with E-state index in [2.05, 4.69) is 0 Å². The first kappa shape index (κ1) is 10.3. The summed E-state index contributed by atoms with van der Waals surface area (Å²) in [6.07, 6.45) is 2.81. The van der Waals surface area contributed by atoms with E-state index in [4.69, 9.17) is 10.2 Å². The predicted molar refractivity (Wildman–Crippen MR) is 51.3 cm³/mol. The van der Waals surface area contributed by atoms with Gasteiger partial charge >= 0.3 is 0 Å². The van der Waals surface area contributed by atoms with Crippen molar-refractivity contribution in [2.45, 2.75) is 25.9 Å². The highest BCUT2D eigenvalue weighted by atomic mass is 16.3. The van der Waals surface area contributed by atoms with Crippen molar-refractivity contribution in [3.05, 3.63) is 24.2 Å². The Balaban J connectivity index is 2.26. The summed E-state index contributed by atoms with van der Waals surface area (Å²) in [5.74, 6) is 1.08. The molecule has 0 bridgehead atoms. The Bertz CT molecular complexity index is 221. The Kier molecular flexibility index (Phi) is 3.99. The minimum Gasteiger partial charge on any atom is -0.469 e. The monoisotopic (exact) mass is 183 g/mol. The molecule has 2 unspecified atom stereocenters. The fourth-order valence-electron chi connectivity index (χ4n) is 1.19. The molecule has 0 saturated heterocycles. The van der Waals surface area contributed by atoms with Crippen LogP contribution in [0.5, 0.6) is 0 Å². The standard InChI is InChI=1S/C10H17NO2/c1-8(7-11)10(12)5-4-9-3-2-6-13-9/h2-3,6,8,10,12H,4-5,7,11H2,1H3. The van der Waals surface area contributed by atoms with Gasteiger partial charge in [0.15, 0.2) is 0 Å². The molecule has 0 radical (unpaired) electrons. The maximum atomic E-state index is 9.59. The van der Waals surface area contributed by atoms with E-state index in [0.29, 0.717) is 13.0 Å². The lowest BCUT2D eigenvalue weighted by Crippen LogP contribution is -2.25. The van der Waals surface area contributed by atoms with Crippen LogP contribution in [0.25, 0.3) is 0 Å². The number of furan rings is 1. The van der Waals surface area contributed by atoms with Crippen LogP contribution in [0.1, 0.15) is 19.1 Å². The van der Waals surface area contributed by atoms with Gasteiger partial charge in [0.2, 0.25) is 0 Å². The van der Waals surface area contributed by atoms with Gasteiger partial charge in [-0.3, -0.25) is 0 Å². The van der Waals surface area contributed by atoms with E-state index in [0.717, 1.165) is 12.2 Å². The molecule has 0 aliphatic carbocycles. The van der Waals surface area contributed by atoms with Gasteiger partial charge in [0.05, 0.1) is 12.4 Å². The molecular weight excluding hydrogens is 166 g/mol. The number of nitrogens with two attached hydrogens (primary N) is 1. The zero-order chi connectivity index (χ0) is 9.68. The van der Waals surface area contributed by atoms with Crippen LogP contribution >= 0.6 is 0 Å². The normalized spacial score (nSPS) is 15.6. The third-order valence-electron chi connectivity index (χ3n) is 2.30. The molecule has 1 heterocycles. The van der Waals surface area contributed by atoms with Crippen molar-refractivity contribution in [1.29, 1.82) is 0 Å². The van der Waals surface area contributed by atoms with Crippen LogP contribution in [-0.2, 0) is 6.42 Å². The molecule has 1 rings (SSSR count). The average molecular weight is 183 g/mol. The molecule has 3 heteroatoms. The molecule has 0 aromatic carbocycles. The van der Waals surface area contributed by atoms with E-state index in [-0.39, 0.29) is 12.0 Å². The van der Waals surface area contributed by atoms with Crippen LogP contribution in [0.3, 0.4) is 0 Å². The summed E-state index contributed by atoms with van der Waals surface area (Å²) in [4.78, 5) is 0. The number of hydrogen-bond acceptors (Lipinski definition) is 3. The third-order valence-corrected chi connectivity index (χ3v) is 2.30. The molecule has 0 fully saturated rings. The quantitative estimate of drug-likeness (QED) is 0.720. The first-order valence-electron chi connectivity index (χ1n) is 4.64. The number of aliphatic hydroxyl groups excluding tert-OH is 1. The molecule has 3 nitrogen and oxygen atoms in total. The molecule has 0 amide bonds. The second-order valence-corrected chi connectivity index (χ2v) is 3.40. The lowest BCUT2D eigenvalue weighted by molar-refractivity contribution is 0.110. The molecule has 0 spiro atoms. The van der Waals surface area contributed by atoms with Crippen LogP contribution in [0.4, 0.5) is 0 Å². The van der Waals surface area contributed by atoms with Gasteiger partial charge in [-0.15, -0.1) is 0 Å².